The molecular weight excluding hydrogens is 626 g/mol. The van der Waals surface area contributed by atoms with E-state index >= 15 is 4.39 Å². The summed E-state index contributed by atoms with van der Waals surface area (Å²) in [5, 5.41) is 8.57. The molecule has 0 amide bonds. The Bertz CT molecular complexity index is 1610. The second-order valence-electron chi connectivity index (χ2n) is 9.28. The zero-order valence-corrected chi connectivity index (χ0v) is 29.9. The molecule has 0 fully saturated rings. The number of ether oxygens (including phenoxy) is 1. The first-order valence-corrected chi connectivity index (χ1v) is 12.4. The third-order valence-electron chi connectivity index (χ3n) is 5.83. The Morgan fingerprint density at radius 3 is 2.52 bits per heavy atom. The number of hydrogen-bond acceptors (Lipinski definition) is 7. The zero-order valence-electron chi connectivity index (χ0n) is 23.6. The van der Waals surface area contributed by atoms with Gasteiger partial charge in [0, 0.05) is 106 Å². The van der Waals surface area contributed by atoms with Crippen LogP contribution in [0.4, 0.5) is 15.9 Å². The molecule has 1 atom stereocenters. The van der Waals surface area contributed by atoms with E-state index in [0.717, 1.165) is 17.7 Å². The quantitative estimate of drug-likeness (QED) is 0.212. The number of nitrogens with zero attached hydrogens (tertiary/aromatic N) is 6. The van der Waals surface area contributed by atoms with Crippen LogP contribution >= 0.6 is 0 Å². The van der Waals surface area contributed by atoms with E-state index < -0.39 is 5.82 Å². The van der Waals surface area contributed by atoms with Crippen molar-refractivity contribution in [2.24, 2.45) is 7.05 Å². The van der Waals surface area contributed by atoms with Gasteiger partial charge in [0.15, 0.2) is 5.82 Å². The molecule has 0 aliphatic rings. The molecule has 8 nitrogen and oxygen atoms in total. The number of rotatable bonds is 8. The van der Waals surface area contributed by atoms with Gasteiger partial charge >= 0.3 is 0 Å². The summed E-state index contributed by atoms with van der Waals surface area (Å²) < 4.78 is 23.4. The van der Waals surface area contributed by atoms with E-state index in [9.17, 15) is 0 Å². The molecule has 3 aromatic heterocycles. The average Bonchev–Trinajstić information content (AvgIpc) is 3.36. The molecular formula is C30H32CsFN7O. The molecule has 0 spiro atoms. The van der Waals surface area contributed by atoms with E-state index in [2.05, 4.69) is 43.4 Å². The molecule has 5 aromatic rings. The number of aryl methyl sites for hydroxylation is 1. The van der Waals surface area contributed by atoms with Crippen LogP contribution in [0.2, 0.25) is 0 Å². The van der Waals surface area contributed by atoms with Gasteiger partial charge in [0.25, 0.3) is 0 Å². The summed E-state index contributed by atoms with van der Waals surface area (Å²) in [6.07, 6.45) is 10.0. The second-order valence-corrected chi connectivity index (χ2v) is 9.28. The van der Waals surface area contributed by atoms with Gasteiger partial charge in [-0.3, -0.25) is 9.67 Å². The van der Waals surface area contributed by atoms with E-state index in [0.29, 0.717) is 39.1 Å². The monoisotopic (exact) mass is 658 g/mol. The van der Waals surface area contributed by atoms with Crippen molar-refractivity contribution in [1.29, 1.82) is 0 Å². The van der Waals surface area contributed by atoms with Gasteiger partial charge in [-0.2, -0.15) is 5.10 Å². The third kappa shape index (κ3) is 7.79. The summed E-state index contributed by atoms with van der Waals surface area (Å²) in [6.45, 7) is 9.46. The van der Waals surface area contributed by atoms with E-state index in [1.165, 1.54) is 6.33 Å². The molecule has 40 heavy (non-hydrogen) atoms. The van der Waals surface area contributed by atoms with Crippen LogP contribution in [0.3, 0.4) is 0 Å². The van der Waals surface area contributed by atoms with Crippen LogP contribution in [0.25, 0.3) is 32.9 Å². The van der Waals surface area contributed by atoms with E-state index in [4.69, 9.17) is 4.74 Å². The van der Waals surface area contributed by atoms with Gasteiger partial charge in [0.05, 0.1) is 28.3 Å². The Labute approximate surface area is 292 Å². The minimum Gasteiger partial charge on any atom is -0.489 e. The molecule has 10 heteroatoms. The minimum atomic E-state index is -0.391. The van der Waals surface area contributed by atoms with Crippen molar-refractivity contribution in [3.05, 3.63) is 92.4 Å². The summed E-state index contributed by atoms with van der Waals surface area (Å²) in [5.41, 5.74) is 3.43. The van der Waals surface area contributed by atoms with Crippen molar-refractivity contribution in [2.45, 2.75) is 13.0 Å². The van der Waals surface area contributed by atoms with Crippen LogP contribution in [0.1, 0.15) is 6.92 Å². The molecule has 5 rings (SSSR count). The zero-order chi connectivity index (χ0) is 27.9. The van der Waals surface area contributed by atoms with Crippen molar-refractivity contribution >= 4 is 102 Å². The minimum absolute atomic E-state index is 0. The first-order chi connectivity index (χ1) is 18.8. The molecule has 3 heterocycles. The van der Waals surface area contributed by atoms with Crippen LogP contribution in [0.5, 0.6) is 5.75 Å². The SMILES string of the molecule is C=CC=C.C[C@@H](CN(C)C)Oc1cc(-c2cnn(C)c2)cc2ncnc(Nc3ccc4ncccc4c3F)c12.[Cs]. The molecule has 1 N–H and O–H groups in total. The van der Waals surface area contributed by atoms with Gasteiger partial charge in [0.2, 0.25) is 0 Å². The Balaban J connectivity index is 0.000000828. The number of fused-ring (bicyclic) bond motifs is 2. The van der Waals surface area contributed by atoms with Crippen molar-refractivity contribution < 1.29 is 9.13 Å². The number of aromatic nitrogens is 5. The summed E-state index contributed by atoms with van der Waals surface area (Å²) in [5.74, 6) is 0.682. The normalized spacial score (nSPS) is 11.3. The van der Waals surface area contributed by atoms with Gasteiger partial charge in [-0.1, -0.05) is 25.3 Å². The van der Waals surface area contributed by atoms with Gasteiger partial charge in [-0.25, -0.2) is 14.4 Å². The number of nitrogens with one attached hydrogen (secondary N) is 1. The smallest absolute Gasteiger partial charge is 0.156 e. The largest absolute Gasteiger partial charge is 0.489 e. The fourth-order valence-corrected chi connectivity index (χ4v) is 4.19. The number of likely N-dealkylation sites (N-methyl/N-ethyl adjacent to an activating group) is 1. The number of halogens is 1. The van der Waals surface area contributed by atoms with E-state index in [1.807, 2.05) is 46.4 Å². The van der Waals surface area contributed by atoms with Crippen LogP contribution in [-0.4, -0.2) is 125 Å². The molecule has 2 aromatic carbocycles. The van der Waals surface area contributed by atoms with Gasteiger partial charge < -0.3 is 15.0 Å². The Morgan fingerprint density at radius 2 is 1.85 bits per heavy atom. The van der Waals surface area contributed by atoms with Crippen LogP contribution in [-0.2, 0) is 7.05 Å². The van der Waals surface area contributed by atoms with Gasteiger partial charge in [-0.05, 0) is 63.0 Å². The summed E-state index contributed by atoms with van der Waals surface area (Å²) >= 11 is 0. The van der Waals surface area contributed by atoms with E-state index in [1.54, 1.807) is 53.5 Å². The predicted molar refractivity (Wildman–Crippen MR) is 162 cm³/mol. The summed E-state index contributed by atoms with van der Waals surface area (Å²) in [7, 11) is 5.87. The topological polar surface area (TPSA) is 81.0 Å². The standard InChI is InChI=1S/C26H26FN7O.C4H6.Cs/c1-16(13-33(2)3)35-23-11-17(18-12-31-34(4)14-18)10-22-24(23)26(30-15-29-22)32-21-8-7-20-19(25(21)27)6-5-9-28-20;1-3-4-2;/h5-12,14-16H,13H2,1-4H3,(H,29,30,32);3-4H,1-2H2;/t16-;;/m0../s1. The second kappa shape index (κ2) is 14.9. The number of anilines is 2. The van der Waals surface area contributed by atoms with Crippen molar-refractivity contribution in [3.8, 4) is 16.9 Å². The summed E-state index contributed by atoms with van der Waals surface area (Å²) in [6, 6.07) is 10.8. The van der Waals surface area contributed by atoms with Crippen LogP contribution < -0.4 is 10.1 Å². The average molecular weight is 659 g/mol. The van der Waals surface area contributed by atoms with Crippen LogP contribution in [0, 0.1) is 5.82 Å². The maximum Gasteiger partial charge on any atom is 0.156 e. The fraction of sp³-hybridized carbons (Fsp3) is 0.200. The Hall–Kier alpha value is -2.58. The molecule has 0 saturated heterocycles. The van der Waals surface area contributed by atoms with Crippen molar-refractivity contribution in [1.82, 2.24) is 29.6 Å². The number of pyridine rings is 1. The van der Waals surface area contributed by atoms with Crippen molar-refractivity contribution in [3.63, 3.8) is 0 Å². The number of benzene rings is 2. The molecule has 201 valence electrons. The molecule has 0 aliphatic carbocycles. The first-order valence-electron chi connectivity index (χ1n) is 12.4. The number of allylic oxidation sites excluding steroid dienone is 2. The molecule has 1 radical (unpaired) electrons. The van der Waals surface area contributed by atoms with Crippen LogP contribution in [0.15, 0.2) is 86.6 Å². The molecule has 0 bridgehead atoms. The van der Waals surface area contributed by atoms with Crippen molar-refractivity contribution in [2.75, 3.05) is 26.0 Å². The Morgan fingerprint density at radius 1 is 1.07 bits per heavy atom. The first kappa shape index (κ1) is 31.9. The fourth-order valence-electron chi connectivity index (χ4n) is 4.19. The predicted octanol–water partition coefficient (Wildman–Crippen LogP) is 5.77. The maximum atomic E-state index is 15.3. The summed E-state index contributed by atoms with van der Waals surface area (Å²) in [4.78, 5) is 15.2. The molecule has 0 unspecified atom stereocenters. The number of hydrogen-bond donors (Lipinski definition) is 1. The molecule has 0 saturated carbocycles. The van der Waals surface area contributed by atoms with E-state index in [-0.39, 0.29) is 75.0 Å². The third-order valence-corrected chi connectivity index (χ3v) is 5.83. The molecule has 0 aliphatic heterocycles. The Kier molecular flexibility index (Phi) is 11.9. The maximum absolute atomic E-state index is 15.3. The van der Waals surface area contributed by atoms with Gasteiger partial charge in [0.1, 0.15) is 24.0 Å². The van der Waals surface area contributed by atoms with Gasteiger partial charge in [-0.15, -0.1) is 0 Å².